The van der Waals surface area contributed by atoms with Crippen LogP contribution in [0.2, 0.25) is 0 Å². The SMILES string of the molecule is c1ccc(OCCOc2ccccc2/C(=N\N2CCOCC2)n2ccnc2)cc1. The lowest BCUT2D eigenvalue weighted by Gasteiger charge is -2.25. The molecule has 7 heteroatoms. The highest BCUT2D eigenvalue weighted by molar-refractivity contribution is 6.02. The normalized spacial score (nSPS) is 14.6. The van der Waals surface area contributed by atoms with Crippen LogP contribution in [0.1, 0.15) is 5.56 Å². The van der Waals surface area contributed by atoms with Crippen LogP contribution < -0.4 is 9.47 Å². The second-order valence-corrected chi connectivity index (χ2v) is 6.47. The first-order valence-electron chi connectivity index (χ1n) is 9.70. The number of benzene rings is 2. The second-order valence-electron chi connectivity index (χ2n) is 6.47. The molecule has 7 nitrogen and oxygen atoms in total. The molecule has 29 heavy (non-hydrogen) atoms. The standard InChI is InChI=1S/C22H24N4O3/c1-2-6-19(7-3-1)28-16-17-29-21-9-5-4-8-20(21)22(25-11-10-23-18-25)24-26-12-14-27-15-13-26/h1-11,18H,12-17H2/b24-22+. The van der Waals surface area contributed by atoms with Gasteiger partial charge in [0.25, 0.3) is 0 Å². The van der Waals surface area contributed by atoms with Gasteiger partial charge in [0.2, 0.25) is 0 Å². The van der Waals surface area contributed by atoms with Gasteiger partial charge < -0.3 is 14.2 Å². The lowest BCUT2D eigenvalue weighted by atomic mass is 10.2. The molecule has 2 aromatic carbocycles. The number of ether oxygens (including phenoxy) is 3. The smallest absolute Gasteiger partial charge is 0.169 e. The molecule has 0 unspecified atom stereocenters. The van der Waals surface area contributed by atoms with E-state index in [0.29, 0.717) is 26.4 Å². The summed E-state index contributed by atoms with van der Waals surface area (Å²) in [5, 5.41) is 6.89. The molecule has 0 bridgehead atoms. The molecule has 1 fully saturated rings. The van der Waals surface area contributed by atoms with E-state index >= 15 is 0 Å². The van der Waals surface area contributed by atoms with E-state index in [9.17, 15) is 0 Å². The van der Waals surface area contributed by atoms with Crippen molar-refractivity contribution >= 4 is 5.84 Å². The average Bonchev–Trinajstić information content (AvgIpc) is 3.32. The summed E-state index contributed by atoms with van der Waals surface area (Å²) in [5.41, 5.74) is 0.900. The highest BCUT2D eigenvalue weighted by atomic mass is 16.5. The predicted octanol–water partition coefficient (Wildman–Crippen LogP) is 2.88. The Morgan fingerprint density at radius 2 is 1.72 bits per heavy atom. The molecule has 4 rings (SSSR count). The number of nitrogens with zero attached hydrogens (tertiary/aromatic N) is 4. The lowest BCUT2D eigenvalue weighted by Crippen LogP contribution is -2.34. The zero-order valence-corrected chi connectivity index (χ0v) is 16.2. The highest BCUT2D eigenvalue weighted by Crippen LogP contribution is 2.21. The first-order valence-corrected chi connectivity index (χ1v) is 9.70. The van der Waals surface area contributed by atoms with E-state index in [-0.39, 0.29) is 0 Å². The van der Waals surface area contributed by atoms with Crippen LogP contribution in [0.5, 0.6) is 11.5 Å². The van der Waals surface area contributed by atoms with Crippen molar-refractivity contribution in [3.05, 3.63) is 78.9 Å². The summed E-state index contributed by atoms with van der Waals surface area (Å²) >= 11 is 0. The van der Waals surface area contributed by atoms with Gasteiger partial charge >= 0.3 is 0 Å². The lowest BCUT2D eigenvalue weighted by molar-refractivity contribution is 0.0392. The molecule has 1 aliphatic heterocycles. The van der Waals surface area contributed by atoms with Crippen molar-refractivity contribution in [2.75, 3.05) is 39.5 Å². The molecule has 0 amide bonds. The fourth-order valence-corrected chi connectivity index (χ4v) is 3.02. The van der Waals surface area contributed by atoms with Crippen molar-refractivity contribution in [2.24, 2.45) is 5.10 Å². The fourth-order valence-electron chi connectivity index (χ4n) is 3.02. The van der Waals surface area contributed by atoms with Gasteiger partial charge in [-0.2, -0.15) is 5.10 Å². The maximum atomic E-state index is 6.04. The minimum Gasteiger partial charge on any atom is -0.490 e. The zero-order valence-electron chi connectivity index (χ0n) is 16.2. The predicted molar refractivity (Wildman–Crippen MR) is 110 cm³/mol. The quantitative estimate of drug-likeness (QED) is 0.352. The summed E-state index contributed by atoms with van der Waals surface area (Å²) in [7, 11) is 0. The van der Waals surface area contributed by atoms with E-state index in [2.05, 4.69) is 4.98 Å². The largest absolute Gasteiger partial charge is 0.490 e. The first kappa shape index (κ1) is 19.0. The average molecular weight is 392 g/mol. The Hall–Kier alpha value is -3.32. The van der Waals surface area contributed by atoms with Crippen LogP contribution in [-0.2, 0) is 4.74 Å². The molecule has 1 aromatic heterocycles. The van der Waals surface area contributed by atoms with Gasteiger partial charge in [0.05, 0.1) is 31.9 Å². The van der Waals surface area contributed by atoms with Gasteiger partial charge in [-0.05, 0) is 24.3 Å². The number of morpholine rings is 1. The van der Waals surface area contributed by atoms with E-state index in [0.717, 1.165) is 36.0 Å². The minimum absolute atomic E-state index is 0.431. The van der Waals surface area contributed by atoms with Crippen molar-refractivity contribution in [1.82, 2.24) is 14.6 Å². The van der Waals surface area contributed by atoms with Crippen LogP contribution in [-0.4, -0.2) is 59.9 Å². The maximum Gasteiger partial charge on any atom is 0.169 e. The van der Waals surface area contributed by atoms with Crippen molar-refractivity contribution in [3.8, 4) is 11.5 Å². The number of imidazole rings is 1. The summed E-state index contributed by atoms with van der Waals surface area (Å²) in [6.07, 6.45) is 5.37. The van der Waals surface area contributed by atoms with E-state index in [1.807, 2.05) is 70.4 Å². The molecular weight excluding hydrogens is 368 g/mol. The number of hydrazone groups is 1. The third-order valence-electron chi connectivity index (χ3n) is 4.45. The van der Waals surface area contributed by atoms with Crippen LogP contribution in [0, 0.1) is 0 Å². The van der Waals surface area contributed by atoms with E-state index < -0.39 is 0 Å². The van der Waals surface area contributed by atoms with Gasteiger partial charge in [0, 0.05) is 12.4 Å². The minimum atomic E-state index is 0.431. The van der Waals surface area contributed by atoms with Gasteiger partial charge in [-0.25, -0.2) is 4.98 Å². The molecule has 1 aliphatic rings. The number of rotatable bonds is 7. The van der Waals surface area contributed by atoms with Gasteiger partial charge in [-0.15, -0.1) is 0 Å². The van der Waals surface area contributed by atoms with Gasteiger partial charge in [0.15, 0.2) is 5.84 Å². The van der Waals surface area contributed by atoms with Gasteiger partial charge in [-0.1, -0.05) is 30.3 Å². The molecule has 150 valence electrons. The Balaban J connectivity index is 1.50. The van der Waals surface area contributed by atoms with E-state index in [1.54, 1.807) is 12.5 Å². The van der Waals surface area contributed by atoms with E-state index in [1.165, 1.54) is 0 Å². The molecule has 0 spiro atoms. The van der Waals surface area contributed by atoms with Crippen molar-refractivity contribution in [3.63, 3.8) is 0 Å². The molecule has 0 aliphatic carbocycles. The Morgan fingerprint density at radius 1 is 0.966 bits per heavy atom. The van der Waals surface area contributed by atoms with Crippen molar-refractivity contribution in [1.29, 1.82) is 0 Å². The van der Waals surface area contributed by atoms with Crippen LogP contribution in [0.3, 0.4) is 0 Å². The molecule has 0 atom stereocenters. The summed E-state index contributed by atoms with van der Waals surface area (Å²) in [6, 6.07) is 17.6. The van der Waals surface area contributed by atoms with Crippen LogP contribution in [0.4, 0.5) is 0 Å². The number of hydrogen-bond acceptors (Lipinski definition) is 6. The second kappa shape index (κ2) is 9.75. The topological polar surface area (TPSA) is 61.1 Å². The summed E-state index contributed by atoms with van der Waals surface area (Å²) in [5.74, 6) is 2.35. The first-order chi connectivity index (χ1) is 14.4. The molecule has 0 N–H and O–H groups in total. The Labute approximate surface area is 170 Å². The molecular formula is C22H24N4O3. The Morgan fingerprint density at radius 3 is 2.52 bits per heavy atom. The van der Waals surface area contributed by atoms with Gasteiger partial charge in [-0.3, -0.25) is 9.58 Å². The Bertz CT molecular complexity index is 907. The van der Waals surface area contributed by atoms with Crippen LogP contribution in [0.15, 0.2) is 78.4 Å². The van der Waals surface area contributed by atoms with Crippen LogP contribution in [0.25, 0.3) is 0 Å². The van der Waals surface area contributed by atoms with Crippen LogP contribution >= 0.6 is 0 Å². The summed E-state index contributed by atoms with van der Waals surface area (Å²) in [6.45, 7) is 3.75. The molecule has 3 aromatic rings. The fraction of sp³-hybridized carbons (Fsp3) is 0.273. The number of para-hydroxylation sites is 2. The summed E-state index contributed by atoms with van der Waals surface area (Å²) < 4.78 is 19.1. The molecule has 2 heterocycles. The summed E-state index contributed by atoms with van der Waals surface area (Å²) in [4.78, 5) is 4.18. The highest BCUT2D eigenvalue weighted by Gasteiger charge is 2.16. The van der Waals surface area contributed by atoms with Crippen molar-refractivity contribution < 1.29 is 14.2 Å². The molecule has 1 saturated heterocycles. The third kappa shape index (κ3) is 5.14. The zero-order chi connectivity index (χ0) is 19.7. The number of aromatic nitrogens is 2. The monoisotopic (exact) mass is 392 g/mol. The van der Waals surface area contributed by atoms with Gasteiger partial charge in [0.1, 0.15) is 31.0 Å². The molecule has 0 radical (unpaired) electrons. The van der Waals surface area contributed by atoms with Crippen molar-refractivity contribution in [2.45, 2.75) is 0 Å². The third-order valence-corrected chi connectivity index (χ3v) is 4.45. The van der Waals surface area contributed by atoms with E-state index in [4.69, 9.17) is 19.3 Å². The Kier molecular flexibility index (Phi) is 6.39. The molecule has 0 saturated carbocycles. The number of hydrogen-bond donors (Lipinski definition) is 0. The maximum absolute atomic E-state index is 6.04.